The van der Waals surface area contributed by atoms with Gasteiger partial charge in [0.05, 0.1) is 24.2 Å². The van der Waals surface area contributed by atoms with Crippen molar-refractivity contribution in [1.82, 2.24) is 0 Å². The molecule has 0 aliphatic carbocycles. The number of ether oxygens (including phenoxy) is 2. The molecule has 138 valence electrons. The molecule has 1 aliphatic heterocycles. The first kappa shape index (κ1) is 20.0. The molecule has 0 aromatic heterocycles. The third-order valence-corrected chi connectivity index (χ3v) is 4.85. The lowest BCUT2D eigenvalue weighted by Gasteiger charge is -2.17. The normalized spacial score (nSPS) is 12.1. The third-order valence-electron chi connectivity index (χ3n) is 3.85. The van der Waals surface area contributed by atoms with Crippen LogP contribution in [0.25, 0.3) is 0 Å². The van der Waals surface area contributed by atoms with Crippen LogP contribution in [0, 0.1) is 0 Å². The van der Waals surface area contributed by atoms with Gasteiger partial charge < -0.3 is 9.47 Å². The number of ketones is 2. The molecule has 3 rings (SSSR count). The van der Waals surface area contributed by atoms with Gasteiger partial charge in [-0.15, -0.1) is 11.8 Å². The summed E-state index contributed by atoms with van der Waals surface area (Å²) in [6.07, 6.45) is 0.348. The van der Waals surface area contributed by atoms with E-state index in [1.165, 1.54) is 7.11 Å². The standard InChI is InChI=1S/C19H18O4S.C2H6/c1-22-17-5-3-2-4-14(17)16(21)8-7-15(20)13-6-9-18-19(12-13)24-11-10-23-18;1-2/h2-6,9,12H,7-8,10-11H2,1H3;1-2H3. The summed E-state index contributed by atoms with van der Waals surface area (Å²) < 4.78 is 10.7. The highest BCUT2D eigenvalue weighted by atomic mass is 32.2. The van der Waals surface area contributed by atoms with Crippen molar-refractivity contribution >= 4 is 23.3 Å². The number of methoxy groups -OCH3 is 1. The van der Waals surface area contributed by atoms with Gasteiger partial charge in [0.2, 0.25) is 0 Å². The van der Waals surface area contributed by atoms with Crippen LogP contribution in [0.5, 0.6) is 11.5 Å². The van der Waals surface area contributed by atoms with Gasteiger partial charge in [-0.05, 0) is 30.3 Å². The fourth-order valence-electron chi connectivity index (χ4n) is 2.60. The van der Waals surface area contributed by atoms with E-state index in [0.29, 0.717) is 23.5 Å². The van der Waals surface area contributed by atoms with Gasteiger partial charge >= 0.3 is 0 Å². The number of para-hydroxylation sites is 1. The second-order valence-corrected chi connectivity index (χ2v) is 6.54. The van der Waals surface area contributed by atoms with E-state index in [9.17, 15) is 9.59 Å². The van der Waals surface area contributed by atoms with Crippen molar-refractivity contribution < 1.29 is 19.1 Å². The molecule has 0 saturated carbocycles. The van der Waals surface area contributed by atoms with Gasteiger partial charge in [-0.25, -0.2) is 0 Å². The number of hydrogen-bond donors (Lipinski definition) is 0. The fourth-order valence-corrected chi connectivity index (χ4v) is 3.46. The van der Waals surface area contributed by atoms with E-state index < -0.39 is 0 Å². The van der Waals surface area contributed by atoms with Gasteiger partial charge in [0, 0.05) is 24.2 Å². The van der Waals surface area contributed by atoms with Crippen molar-refractivity contribution in [2.45, 2.75) is 31.6 Å². The average molecular weight is 372 g/mol. The molecule has 0 radical (unpaired) electrons. The van der Waals surface area contributed by atoms with E-state index in [1.807, 2.05) is 32.0 Å². The molecule has 0 saturated heterocycles. The molecule has 0 fully saturated rings. The summed E-state index contributed by atoms with van der Waals surface area (Å²) >= 11 is 1.69. The lowest BCUT2D eigenvalue weighted by Crippen LogP contribution is -2.09. The number of carbonyl (C=O) groups excluding carboxylic acids is 2. The molecule has 1 heterocycles. The largest absolute Gasteiger partial charge is 0.496 e. The zero-order valence-corrected chi connectivity index (χ0v) is 16.2. The molecular weight excluding hydrogens is 348 g/mol. The van der Waals surface area contributed by atoms with Crippen LogP contribution in [0.2, 0.25) is 0 Å². The minimum Gasteiger partial charge on any atom is -0.496 e. The summed E-state index contributed by atoms with van der Waals surface area (Å²) in [5.41, 5.74) is 1.14. The van der Waals surface area contributed by atoms with Crippen molar-refractivity contribution in [3.63, 3.8) is 0 Å². The summed E-state index contributed by atoms with van der Waals surface area (Å²) in [6.45, 7) is 4.69. The molecule has 5 heteroatoms. The Morgan fingerprint density at radius 1 is 1.08 bits per heavy atom. The monoisotopic (exact) mass is 372 g/mol. The van der Waals surface area contributed by atoms with Crippen LogP contribution < -0.4 is 9.47 Å². The third kappa shape index (κ3) is 4.88. The van der Waals surface area contributed by atoms with Crippen LogP contribution in [0.1, 0.15) is 47.4 Å². The predicted octanol–water partition coefficient (Wildman–Crippen LogP) is 5.05. The number of hydrogen-bond acceptors (Lipinski definition) is 5. The smallest absolute Gasteiger partial charge is 0.167 e. The molecule has 0 amide bonds. The maximum Gasteiger partial charge on any atom is 0.167 e. The molecule has 0 unspecified atom stereocenters. The summed E-state index contributed by atoms with van der Waals surface area (Å²) in [5.74, 6) is 2.13. The number of rotatable bonds is 6. The van der Waals surface area contributed by atoms with Crippen LogP contribution in [0.4, 0.5) is 0 Å². The van der Waals surface area contributed by atoms with E-state index in [-0.39, 0.29) is 24.4 Å². The topological polar surface area (TPSA) is 52.6 Å². The Morgan fingerprint density at radius 3 is 2.58 bits per heavy atom. The van der Waals surface area contributed by atoms with Crippen LogP contribution in [0.15, 0.2) is 47.4 Å². The number of thioether (sulfide) groups is 1. The Bertz CT molecular complexity index is 770. The Hall–Kier alpha value is -2.27. The van der Waals surface area contributed by atoms with Gasteiger partial charge in [0.1, 0.15) is 11.5 Å². The Balaban J connectivity index is 0.00000117. The molecule has 0 atom stereocenters. The lowest BCUT2D eigenvalue weighted by molar-refractivity contribution is 0.0915. The molecule has 0 bridgehead atoms. The molecule has 2 aromatic rings. The maximum absolute atomic E-state index is 12.4. The van der Waals surface area contributed by atoms with Crippen molar-refractivity contribution in [3.05, 3.63) is 53.6 Å². The summed E-state index contributed by atoms with van der Waals surface area (Å²) in [6, 6.07) is 12.5. The highest BCUT2D eigenvalue weighted by Gasteiger charge is 2.17. The minimum atomic E-state index is -0.0866. The average Bonchev–Trinajstić information content (AvgIpc) is 2.72. The Morgan fingerprint density at radius 2 is 1.81 bits per heavy atom. The van der Waals surface area contributed by atoms with Gasteiger partial charge in [-0.2, -0.15) is 0 Å². The molecular formula is C21H24O4S. The van der Waals surface area contributed by atoms with Crippen molar-refractivity contribution in [2.75, 3.05) is 19.5 Å². The zero-order chi connectivity index (χ0) is 18.9. The van der Waals surface area contributed by atoms with E-state index in [0.717, 1.165) is 16.4 Å². The first-order valence-electron chi connectivity index (χ1n) is 8.78. The lowest BCUT2D eigenvalue weighted by atomic mass is 10.0. The second-order valence-electron chi connectivity index (χ2n) is 5.41. The number of carbonyl (C=O) groups is 2. The maximum atomic E-state index is 12.4. The second kappa shape index (κ2) is 10.0. The molecule has 0 N–H and O–H groups in total. The molecule has 4 nitrogen and oxygen atoms in total. The summed E-state index contributed by atoms with van der Waals surface area (Å²) in [5, 5.41) is 0. The molecule has 0 spiro atoms. The Kier molecular flexibility index (Phi) is 7.73. The van der Waals surface area contributed by atoms with E-state index >= 15 is 0 Å². The van der Waals surface area contributed by atoms with Crippen molar-refractivity contribution in [3.8, 4) is 11.5 Å². The highest BCUT2D eigenvalue weighted by molar-refractivity contribution is 7.99. The van der Waals surface area contributed by atoms with Gasteiger partial charge in [0.15, 0.2) is 11.6 Å². The van der Waals surface area contributed by atoms with E-state index in [2.05, 4.69) is 0 Å². The summed E-state index contributed by atoms with van der Waals surface area (Å²) in [4.78, 5) is 25.7. The van der Waals surface area contributed by atoms with Crippen molar-refractivity contribution in [2.24, 2.45) is 0 Å². The fraction of sp³-hybridized carbons (Fsp3) is 0.333. The molecule has 1 aliphatic rings. The zero-order valence-electron chi connectivity index (χ0n) is 15.4. The predicted molar refractivity (Wildman–Crippen MR) is 105 cm³/mol. The van der Waals surface area contributed by atoms with E-state index in [4.69, 9.17) is 9.47 Å². The first-order chi connectivity index (χ1) is 12.7. The Labute approximate surface area is 158 Å². The molecule has 26 heavy (non-hydrogen) atoms. The number of benzene rings is 2. The van der Waals surface area contributed by atoms with Crippen molar-refractivity contribution in [1.29, 1.82) is 0 Å². The van der Waals surface area contributed by atoms with E-state index in [1.54, 1.807) is 36.0 Å². The van der Waals surface area contributed by atoms with Crippen LogP contribution >= 0.6 is 11.8 Å². The summed E-state index contributed by atoms with van der Waals surface area (Å²) in [7, 11) is 1.53. The van der Waals surface area contributed by atoms with Crippen LogP contribution in [-0.4, -0.2) is 31.0 Å². The van der Waals surface area contributed by atoms with Gasteiger partial charge in [-0.1, -0.05) is 26.0 Å². The van der Waals surface area contributed by atoms with Crippen LogP contribution in [-0.2, 0) is 0 Å². The molecule has 2 aromatic carbocycles. The SMILES string of the molecule is CC.COc1ccccc1C(=O)CCC(=O)c1ccc2c(c1)SCCO2. The highest BCUT2D eigenvalue weighted by Crippen LogP contribution is 2.34. The van der Waals surface area contributed by atoms with Gasteiger partial charge in [-0.3, -0.25) is 9.59 Å². The first-order valence-corrected chi connectivity index (χ1v) is 9.76. The quantitative estimate of drug-likeness (QED) is 0.664. The minimum absolute atomic E-state index is 0.0350. The van der Waals surface area contributed by atoms with Crippen LogP contribution in [0.3, 0.4) is 0 Å². The number of fused-ring (bicyclic) bond motifs is 1. The van der Waals surface area contributed by atoms with Gasteiger partial charge in [0.25, 0.3) is 0 Å². The number of Topliss-reactive ketones (excluding diaryl/α,β-unsaturated/α-hetero) is 2.